The van der Waals surface area contributed by atoms with E-state index in [1.165, 1.54) is 11.1 Å². The highest BCUT2D eigenvalue weighted by molar-refractivity contribution is 5.76. The van der Waals surface area contributed by atoms with Crippen LogP contribution < -0.4 is 10.1 Å². The van der Waals surface area contributed by atoms with Crippen LogP contribution in [0.15, 0.2) is 18.2 Å². The van der Waals surface area contributed by atoms with Crippen molar-refractivity contribution in [3.05, 3.63) is 29.3 Å². The predicted octanol–water partition coefficient (Wildman–Crippen LogP) is 3.61. The first-order valence-corrected chi connectivity index (χ1v) is 8.78. The van der Waals surface area contributed by atoms with E-state index in [0.29, 0.717) is 12.8 Å². The largest absolute Gasteiger partial charge is 0.497 e. The van der Waals surface area contributed by atoms with Crippen molar-refractivity contribution in [1.29, 1.82) is 0 Å². The van der Waals surface area contributed by atoms with Gasteiger partial charge in [0.05, 0.1) is 13.2 Å². The van der Waals surface area contributed by atoms with Crippen LogP contribution >= 0.6 is 0 Å². The number of methoxy groups -OCH3 is 1. The lowest BCUT2D eigenvalue weighted by Gasteiger charge is -2.27. The van der Waals surface area contributed by atoms with E-state index >= 15 is 0 Å². The van der Waals surface area contributed by atoms with Gasteiger partial charge in [-0.15, -0.1) is 0 Å². The number of carboxylic acid groups (broad SMARTS) is 1. The van der Waals surface area contributed by atoms with Crippen molar-refractivity contribution >= 4 is 11.9 Å². The highest BCUT2D eigenvalue weighted by atomic mass is 16.5. The predicted molar refractivity (Wildman–Crippen MR) is 92.2 cm³/mol. The van der Waals surface area contributed by atoms with Crippen LogP contribution in [0.4, 0.5) is 0 Å². The molecule has 1 unspecified atom stereocenters. The first-order chi connectivity index (χ1) is 11.6. The lowest BCUT2D eigenvalue weighted by atomic mass is 9.87. The summed E-state index contributed by atoms with van der Waals surface area (Å²) in [5.41, 5.74) is 2.47. The number of hydrogen-bond acceptors (Lipinski definition) is 3. The van der Waals surface area contributed by atoms with Crippen molar-refractivity contribution in [2.75, 3.05) is 7.11 Å². The van der Waals surface area contributed by atoms with Crippen LogP contribution in [0, 0.1) is 0 Å². The molecule has 0 radical (unpaired) electrons. The number of aliphatic carboxylic acids is 1. The summed E-state index contributed by atoms with van der Waals surface area (Å²) < 4.78 is 5.27. The number of carbonyl (C=O) groups excluding carboxylic acids is 1. The van der Waals surface area contributed by atoms with Gasteiger partial charge in [-0.1, -0.05) is 18.9 Å². The van der Waals surface area contributed by atoms with Gasteiger partial charge in [0.15, 0.2) is 0 Å². The molecule has 0 bridgehead atoms. The number of amides is 1. The van der Waals surface area contributed by atoms with Gasteiger partial charge in [-0.3, -0.25) is 9.59 Å². The van der Waals surface area contributed by atoms with Crippen LogP contribution in [-0.4, -0.2) is 24.1 Å². The second kappa shape index (κ2) is 9.30. The molecule has 0 saturated carbocycles. The van der Waals surface area contributed by atoms with Gasteiger partial charge in [-0.25, -0.2) is 0 Å². The number of hydrogen-bond donors (Lipinski definition) is 2. The maximum absolute atomic E-state index is 12.2. The molecule has 132 valence electrons. The number of aryl methyl sites for hydroxylation is 1. The Hall–Kier alpha value is -2.04. The average molecular weight is 333 g/mol. The molecule has 0 aromatic heterocycles. The smallest absolute Gasteiger partial charge is 0.303 e. The number of carbonyl (C=O) groups is 2. The van der Waals surface area contributed by atoms with E-state index in [0.717, 1.165) is 44.3 Å². The van der Waals surface area contributed by atoms with Gasteiger partial charge in [0.1, 0.15) is 5.75 Å². The molecule has 24 heavy (non-hydrogen) atoms. The summed E-state index contributed by atoms with van der Waals surface area (Å²) in [6, 6.07) is 6.17. The third kappa shape index (κ3) is 5.55. The summed E-state index contributed by atoms with van der Waals surface area (Å²) >= 11 is 0. The van der Waals surface area contributed by atoms with E-state index < -0.39 is 5.97 Å². The molecule has 2 N–H and O–H groups in total. The molecule has 1 amide bonds. The molecule has 1 atom stereocenters. The van der Waals surface area contributed by atoms with Gasteiger partial charge in [-0.2, -0.15) is 0 Å². The summed E-state index contributed by atoms with van der Waals surface area (Å²) in [6.07, 6.45) is 7.07. The van der Waals surface area contributed by atoms with E-state index in [2.05, 4.69) is 17.4 Å². The van der Waals surface area contributed by atoms with Crippen molar-refractivity contribution in [3.63, 3.8) is 0 Å². The number of carboxylic acids is 1. The fourth-order valence-electron chi connectivity index (χ4n) is 3.25. The Morgan fingerprint density at radius 2 is 1.96 bits per heavy atom. The second-order valence-electron chi connectivity index (χ2n) is 6.39. The number of rotatable bonds is 9. The third-order valence-electron chi connectivity index (χ3n) is 4.54. The van der Waals surface area contributed by atoms with E-state index in [9.17, 15) is 9.59 Å². The average Bonchev–Trinajstić information content (AvgIpc) is 2.57. The maximum Gasteiger partial charge on any atom is 0.303 e. The molecule has 1 aliphatic rings. The fourth-order valence-corrected chi connectivity index (χ4v) is 3.25. The summed E-state index contributed by atoms with van der Waals surface area (Å²) in [7, 11) is 1.67. The normalized spacial score (nSPS) is 16.3. The van der Waals surface area contributed by atoms with Crippen LogP contribution in [0.2, 0.25) is 0 Å². The van der Waals surface area contributed by atoms with Crippen LogP contribution in [0.25, 0.3) is 0 Å². The fraction of sp³-hybridized carbons (Fsp3) is 0.579. The van der Waals surface area contributed by atoms with Crippen molar-refractivity contribution < 1.29 is 19.4 Å². The zero-order chi connectivity index (χ0) is 17.4. The number of unbranched alkanes of at least 4 members (excludes halogenated alkanes) is 3. The molecule has 0 heterocycles. The minimum atomic E-state index is -0.750. The third-order valence-corrected chi connectivity index (χ3v) is 4.54. The summed E-state index contributed by atoms with van der Waals surface area (Å²) in [6.45, 7) is 0. The maximum atomic E-state index is 12.2. The van der Waals surface area contributed by atoms with Crippen LogP contribution in [0.3, 0.4) is 0 Å². The molecule has 2 rings (SSSR count). The van der Waals surface area contributed by atoms with Gasteiger partial charge in [-0.05, 0) is 55.4 Å². The van der Waals surface area contributed by atoms with Gasteiger partial charge in [0.2, 0.25) is 5.91 Å². The van der Waals surface area contributed by atoms with Crippen molar-refractivity contribution in [2.45, 2.75) is 63.8 Å². The second-order valence-corrected chi connectivity index (χ2v) is 6.39. The highest BCUT2D eigenvalue weighted by Crippen LogP contribution is 2.32. The summed E-state index contributed by atoms with van der Waals surface area (Å²) in [4.78, 5) is 22.6. The lowest BCUT2D eigenvalue weighted by molar-refractivity contribution is -0.137. The molecule has 0 saturated heterocycles. The van der Waals surface area contributed by atoms with E-state index in [-0.39, 0.29) is 18.4 Å². The lowest BCUT2D eigenvalue weighted by Crippen LogP contribution is -2.30. The topological polar surface area (TPSA) is 75.6 Å². The van der Waals surface area contributed by atoms with E-state index in [4.69, 9.17) is 9.84 Å². The number of fused-ring (bicyclic) bond motifs is 1. The number of ether oxygens (including phenoxy) is 1. The molecule has 1 aromatic carbocycles. The molecule has 0 fully saturated rings. The first-order valence-electron chi connectivity index (χ1n) is 8.78. The molecular weight excluding hydrogens is 306 g/mol. The van der Waals surface area contributed by atoms with Crippen LogP contribution in [0.5, 0.6) is 5.75 Å². The highest BCUT2D eigenvalue weighted by Gasteiger charge is 2.22. The summed E-state index contributed by atoms with van der Waals surface area (Å²) in [5.74, 6) is 0.198. The monoisotopic (exact) mass is 333 g/mol. The Balaban J connectivity index is 1.76. The van der Waals surface area contributed by atoms with Gasteiger partial charge >= 0.3 is 5.97 Å². The van der Waals surface area contributed by atoms with Crippen LogP contribution in [-0.2, 0) is 16.0 Å². The summed E-state index contributed by atoms with van der Waals surface area (Å²) in [5, 5.41) is 11.7. The Bertz CT molecular complexity index is 570. The number of nitrogens with one attached hydrogen (secondary N) is 1. The van der Waals surface area contributed by atoms with Crippen molar-refractivity contribution in [2.24, 2.45) is 0 Å². The quantitative estimate of drug-likeness (QED) is 0.677. The van der Waals surface area contributed by atoms with Crippen molar-refractivity contribution in [1.82, 2.24) is 5.32 Å². The minimum absolute atomic E-state index is 0.0851. The SMILES string of the molecule is COc1ccc2c(c1)CCCC2NC(=O)CCCCCCC(=O)O. The molecular formula is C19H27NO4. The molecule has 1 aliphatic carbocycles. The van der Waals surface area contributed by atoms with E-state index in [1.807, 2.05) is 6.07 Å². The molecule has 5 nitrogen and oxygen atoms in total. The van der Waals surface area contributed by atoms with Gasteiger partial charge in [0, 0.05) is 12.8 Å². The molecule has 1 aromatic rings. The zero-order valence-corrected chi connectivity index (χ0v) is 14.3. The van der Waals surface area contributed by atoms with Gasteiger partial charge in [0.25, 0.3) is 0 Å². The number of benzene rings is 1. The Labute approximate surface area is 143 Å². The Morgan fingerprint density at radius 1 is 1.21 bits per heavy atom. The first kappa shape index (κ1) is 18.3. The molecule has 0 spiro atoms. The molecule has 5 heteroatoms. The van der Waals surface area contributed by atoms with E-state index in [1.54, 1.807) is 7.11 Å². The zero-order valence-electron chi connectivity index (χ0n) is 14.3. The Kier molecular flexibility index (Phi) is 7.09. The van der Waals surface area contributed by atoms with Crippen molar-refractivity contribution in [3.8, 4) is 5.75 Å². The Morgan fingerprint density at radius 3 is 2.67 bits per heavy atom. The van der Waals surface area contributed by atoms with Crippen LogP contribution in [0.1, 0.15) is 68.5 Å². The molecule has 0 aliphatic heterocycles. The van der Waals surface area contributed by atoms with Gasteiger partial charge < -0.3 is 15.2 Å². The standard InChI is InChI=1S/C19H27NO4/c1-24-15-11-12-16-14(13-15)7-6-8-17(16)20-18(21)9-4-2-3-5-10-19(22)23/h11-13,17H,2-10H2,1H3,(H,20,21)(H,22,23). The minimum Gasteiger partial charge on any atom is -0.497 e.